The summed E-state index contributed by atoms with van der Waals surface area (Å²) < 4.78 is 37.2. The summed E-state index contributed by atoms with van der Waals surface area (Å²) in [4.78, 5) is 9.85. The number of benzene rings is 1. The van der Waals surface area contributed by atoms with Crippen LogP contribution in [0.15, 0.2) is 17.0 Å². The molecule has 0 aliphatic carbocycles. The first-order valence-corrected chi connectivity index (χ1v) is 7.64. The maximum absolute atomic E-state index is 12.2. The molecule has 0 radical (unpaired) electrons. The van der Waals surface area contributed by atoms with Gasteiger partial charge in [0.05, 0.1) is 11.0 Å². The lowest BCUT2D eigenvalue weighted by Gasteiger charge is -2.19. The van der Waals surface area contributed by atoms with Gasteiger partial charge in [-0.25, -0.2) is 13.1 Å². The van der Waals surface area contributed by atoms with E-state index in [-0.39, 0.29) is 31.3 Å². The minimum Gasteiger partial charge on any atom is -0.486 e. The van der Waals surface area contributed by atoms with Gasteiger partial charge in [0.15, 0.2) is 16.4 Å². The van der Waals surface area contributed by atoms with Gasteiger partial charge in [-0.2, -0.15) is 0 Å². The van der Waals surface area contributed by atoms with Crippen molar-refractivity contribution in [2.24, 2.45) is 5.73 Å². The molecule has 10 heteroatoms. The SMILES string of the molecule is C[C@@H](CN)NS(=O)(=O)c1cc2c(cc1[N+](=O)[O-])OCCO2. The number of nitrogens with zero attached hydrogens (tertiary/aromatic N) is 1. The molecule has 0 saturated heterocycles. The normalized spacial score (nSPS) is 15.5. The number of nitrogens with two attached hydrogens (primary N) is 1. The third-order valence-electron chi connectivity index (χ3n) is 2.82. The van der Waals surface area contributed by atoms with Gasteiger partial charge in [-0.3, -0.25) is 10.1 Å². The van der Waals surface area contributed by atoms with Crippen molar-refractivity contribution in [1.29, 1.82) is 0 Å². The summed E-state index contributed by atoms with van der Waals surface area (Å²) in [5, 5.41) is 11.1. The van der Waals surface area contributed by atoms with Crippen LogP contribution in [0.4, 0.5) is 5.69 Å². The smallest absolute Gasteiger partial charge is 0.293 e. The summed E-state index contributed by atoms with van der Waals surface area (Å²) in [6.45, 7) is 2.12. The van der Waals surface area contributed by atoms with Gasteiger partial charge in [-0.05, 0) is 6.92 Å². The number of nitro benzene ring substituents is 1. The van der Waals surface area contributed by atoms with E-state index in [4.69, 9.17) is 15.2 Å². The maximum Gasteiger partial charge on any atom is 0.293 e. The van der Waals surface area contributed by atoms with Crippen LogP contribution in [0.5, 0.6) is 11.5 Å². The zero-order valence-corrected chi connectivity index (χ0v) is 12.1. The topological polar surface area (TPSA) is 134 Å². The number of fused-ring (bicyclic) bond motifs is 1. The van der Waals surface area contributed by atoms with Crippen LogP contribution in [0.1, 0.15) is 6.92 Å². The second-order valence-electron chi connectivity index (χ2n) is 4.48. The van der Waals surface area contributed by atoms with Crippen molar-refractivity contribution in [1.82, 2.24) is 4.72 Å². The zero-order chi connectivity index (χ0) is 15.6. The van der Waals surface area contributed by atoms with Crippen LogP contribution in [0.2, 0.25) is 0 Å². The minimum absolute atomic E-state index is 0.0670. The molecule has 0 amide bonds. The van der Waals surface area contributed by atoms with Gasteiger partial charge in [0.2, 0.25) is 10.0 Å². The molecule has 116 valence electrons. The van der Waals surface area contributed by atoms with Gasteiger partial charge in [0.1, 0.15) is 13.2 Å². The molecule has 1 aliphatic heterocycles. The van der Waals surface area contributed by atoms with E-state index in [1.54, 1.807) is 6.92 Å². The molecule has 1 aliphatic rings. The Morgan fingerprint density at radius 3 is 2.48 bits per heavy atom. The van der Waals surface area contributed by atoms with E-state index in [0.29, 0.717) is 0 Å². The maximum atomic E-state index is 12.2. The Bertz CT molecular complexity index is 660. The Labute approximate surface area is 121 Å². The number of rotatable bonds is 5. The lowest BCUT2D eigenvalue weighted by molar-refractivity contribution is -0.388. The molecular formula is C11H15N3O6S. The molecule has 0 fully saturated rings. The summed E-state index contributed by atoms with van der Waals surface area (Å²) in [5.74, 6) is 0.311. The number of ether oxygens (including phenoxy) is 2. The third kappa shape index (κ3) is 3.23. The van der Waals surface area contributed by atoms with Crippen molar-refractivity contribution in [3.05, 3.63) is 22.2 Å². The van der Waals surface area contributed by atoms with Crippen molar-refractivity contribution in [2.45, 2.75) is 17.9 Å². The Kier molecular flexibility index (Phi) is 4.30. The first kappa shape index (κ1) is 15.5. The van der Waals surface area contributed by atoms with Gasteiger partial charge >= 0.3 is 0 Å². The monoisotopic (exact) mass is 317 g/mol. The molecule has 21 heavy (non-hydrogen) atoms. The number of hydrogen-bond donors (Lipinski definition) is 2. The van der Waals surface area contributed by atoms with Crippen LogP contribution in [0.3, 0.4) is 0 Å². The van der Waals surface area contributed by atoms with E-state index in [0.717, 1.165) is 12.1 Å². The molecule has 0 aromatic heterocycles. The fourth-order valence-electron chi connectivity index (χ4n) is 1.79. The van der Waals surface area contributed by atoms with E-state index >= 15 is 0 Å². The molecule has 1 heterocycles. The van der Waals surface area contributed by atoms with Gasteiger partial charge in [-0.1, -0.05) is 0 Å². The molecule has 0 spiro atoms. The molecular weight excluding hydrogens is 302 g/mol. The Balaban J connectivity index is 2.53. The molecule has 3 N–H and O–H groups in total. The number of nitrogens with one attached hydrogen (secondary N) is 1. The fraction of sp³-hybridized carbons (Fsp3) is 0.455. The highest BCUT2D eigenvalue weighted by molar-refractivity contribution is 7.89. The van der Waals surface area contributed by atoms with Gasteiger partial charge in [0.25, 0.3) is 5.69 Å². The van der Waals surface area contributed by atoms with Crippen molar-refractivity contribution in [2.75, 3.05) is 19.8 Å². The largest absolute Gasteiger partial charge is 0.486 e. The standard InChI is InChI=1S/C11H15N3O6S/c1-7(6-12)13-21(17,18)11-5-10-9(19-2-3-20-10)4-8(11)14(15)16/h4-5,7,13H,2-3,6,12H2,1H3/t7-/m0/s1. The van der Waals surface area contributed by atoms with Gasteiger partial charge in [-0.15, -0.1) is 0 Å². The van der Waals surface area contributed by atoms with E-state index in [1.807, 2.05) is 0 Å². The van der Waals surface area contributed by atoms with E-state index in [2.05, 4.69) is 4.72 Å². The molecule has 1 aromatic rings. The summed E-state index contributed by atoms with van der Waals surface area (Å²) in [7, 11) is -4.09. The third-order valence-corrected chi connectivity index (χ3v) is 4.44. The number of hydrogen-bond acceptors (Lipinski definition) is 7. The summed E-state index contributed by atoms with van der Waals surface area (Å²) >= 11 is 0. The molecule has 2 rings (SSSR count). The lowest BCUT2D eigenvalue weighted by atomic mass is 10.2. The number of sulfonamides is 1. The van der Waals surface area contributed by atoms with Crippen LogP contribution in [-0.2, 0) is 10.0 Å². The quantitative estimate of drug-likeness (QED) is 0.576. The second-order valence-corrected chi connectivity index (χ2v) is 6.16. The van der Waals surface area contributed by atoms with Crippen molar-refractivity contribution < 1.29 is 22.8 Å². The zero-order valence-electron chi connectivity index (χ0n) is 11.2. The number of nitro groups is 1. The van der Waals surface area contributed by atoms with Crippen LogP contribution < -0.4 is 19.9 Å². The molecule has 0 saturated carbocycles. The predicted molar refractivity (Wildman–Crippen MR) is 72.9 cm³/mol. The summed E-state index contributed by atoms with van der Waals surface area (Å²) in [6, 6.07) is 1.59. The second kappa shape index (κ2) is 5.84. The van der Waals surface area contributed by atoms with E-state index < -0.39 is 31.6 Å². The molecule has 1 aromatic carbocycles. The average Bonchev–Trinajstić information content (AvgIpc) is 2.45. The van der Waals surface area contributed by atoms with Crippen molar-refractivity contribution in [3.63, 3.8) is 0 Å². The molecule has 9 nitrogen and oxygen atoms in total. The van der Waals surface area contributed by atoms with Crippen LogP contribution in [0, 0.1) is 10.1 Å². The highest BCUT2D eigenvalue weighted by Crippen LogP contribution is 2.38. The molecule has 0 unspecified atom stereocenters. The lowest BCUT2D eigenvalue weighted by Crippen LogP contribution is -2.38. The minimum atomic E-state index is -4.09. The summed E-state index contributed by atoms with van der Waals surface area (Å²) in [5.41, 5.74) is 4.79. The highest BCUT2D eigenvalue weighted by atomic mass is 32.2. The van der Waals surface area contributed by atoms with Crippen molar-refractivity contribution >= 4 is 15.7 Å². The fourth-order valence-corrected chi connectivity index (χ4v) is 3.22. The Morgan fingerprint density at radius 1 is 1.38 bits per heavy atom. The predicted octanol–water partition coefficient (Wildman–Crippen LogP) is -0.00850. The first-order valence-electron chi connectivity index (χ1n) is 6.15. The first-order chi connectivity index (χ1) is 9.85. The van der Waals surface area contributed by atoms with E-state index in [1.165, 1.54) is 0 Å². The summed E-state index contributed by atoms with van der Waals surface area (Å²) in [6.07, 6.45) is 0. The van der Waals surface area contributed by atoms with Gasteiger partial charge < -0.3 is 15.2 Å². The van der Waals surface area contributed by atoms with Crippen LogP contribution in [0.25, 0.3) is 0 Å². The van der Waals surface area contributed by atoms with Crippen LogP contribution >= 0.6 is 0 Å². The highest BCUT2D eigenvalue weighted by Gasteiger charge is 2.31. The Morgan fingerprint density at radius 2 is 1.95 bits per heavy atom. The molecule has 0 bridgehead atoms. The van der Waals surface area contributed by atoms with E-state index in [9.17, 15) is 18.5 Å². The van der Waals surface area contributed by atoms with Gasteiger partial charge in [0, 0.05) is 18.7 Å². The average molecular weight is 317 g/mol. The Hall–Kier alpha value is -1.91. The van der Waals surface area contributed by atoms with Crippen LogP contribution in [-0.4, -0.2) is 39.1 Å². The molecule has 1 atom stereocenters. The van der Waals surface area contributed by atoms with Crippen molar-refractivity contribution in [3.8, 4) is 11.5 Å².